The van der Waals surface area contributed by atoms with Gasteiger partial charge in [-0.2, -0.15) is 0 Å². The number of nitrogens with zero attached hydrogens (tertiary/aromatic N) is 3. The number of piperidine rings is 1. The lowest BCUT2D eigenvalue weighted by Gasteiger charge is -2.26. The fourth-order valence-corrected chi connectivity index (χ4v) is 5.27. The molecule has 0 unspecified atom stereocenters. The van der Waals surface area contributed by atoms with Crippen molar-refractivity contribution in [2.45, 2.75) is 18.9 Å². The summed E-state index contributed by atoms with van der Waals surface area (Å²) in [5, 5.41) is 7.10. The highest BCUT2D eigenvalue weighted by Gasteiger charge is 2.24. The van der Waals surface area contributed by atoms with Gasteiger partial charge in [0.1, 0.15) is 11.3 Å². The molecule has 0 atom stereocenters. The number of halogens is 2. The molecule has 1 N–H and O–H groups in total. The molecule has 0 radical (unpaired) electrons. The topological polar surface area (TPSA) is 42.7 Å². The summed E-state index contributed by atoms with van der Waals surface area (Å²) in [5.41, 5.74) is 4.83. The minimum Gasteiger partial charge on any atom is -0.317 e. The van der Waals surface area contributed by atoms with Crippen LogP contribution in [0.25, 0.3) is 44.5 Å². The predicted octanol–water partition coefficient (Wildman–Crippen LogP) is 7.15. The van der Waals surface area contributed by atoms with E-state index >= 15 is 0 Å². The molecule has 6 heteroatoms. The van der Waals surface area contributed by atoms with Crippen LogP contribution in [0.15, 0.2) is 72.9 Å². The number of nitrogens with one attached hydrogen (secondary N) is 1. The molecule has 5 aromatic rings. The number of pyridine rings is 1. The van der Waals surface area contributed by atoms with E-state index < -0.39 is 0 Å². The lowest BCUT2D eigenvalue weighted by Crippen LogP contribution is -2.29. The van der Waals surface area contributed by atoms with Gasteiger partial charge in [-0.05, 0) is 72.6 Å². The molecule has 3 heterocycles. The van der Waals surface area contributed by atoms with E-state index in [1.54, 1.807) is 6.07 Å². The summed E-state index contributed by atoms with van der Waals surface area (Å²) in [7, 11) is 0. The second-order valence-corrected chi connectivity index (χ2v) is 9.38. The second kappa shape index (κ2) is 8.45. The maximum atomic E-state index is 6.61. The lowest BCUT2D eigenvalue weighted by atomic mass is 10.0. The molecule has 2 aromatic heterocycles. The third kappa shape index (κ3) is 3.78. The van der Waals surface area contributed by atoms with Crippen LogP contribution in [-0.2, 0) is 0 Å². The molecule has 0 bridgehead atoms. The molecule has 4 nitrogen and oxygen atoms in total. The van der Waals surface area contributed by atoms with E-state index in [1.807, 2.05) is 18.3 Å². The Balaban J connectivity index is 1.53. The first-order valence-corrected chi connectivity index (χ1v) is 12.0. The van der Waals surface area contributed by atoms with Crippen LogP contribution in [0.2, 0.25) is 10.0 Å². The van der Waals surface area contributed by atoms with Crippen LogP contribution in [0.3, 0.4) is 0 Å². The molecule has 6 rings (SSSR count). The van der Waals surface area contributed by atoms with Crippen molar-refractivity contribution in [1.82, 2.24) is 19.9 Å². The highest BCUT2D eigenvalue weighted by atomic mass is 35.5. The first kappa shape index (κ1) is 20.7. The number of benzene rings is 3. The van der Waals surface area contributed by atoms with Crippen molar-refractivity contribution < 1.29 is 0 Å². The van der Waals surface area contributed by atoms with Crippen molar-refractivity contribution in [2.75, 3.05) is 13.1 Å². The van der Waals surface area contributed by atoms with Crippen molar-refractivity contribution in [2.24, 2.45) is 0 Å². The standard InChI is InChI=1S/C27H22Cl2N4/c28-21-7-8-23(24(29)15-21)26-32-25-14-20(19-6-5-17-3-1-2-4-18(17)13-19)16-31-27(25)33(26)22-9-11-30-12-10-22/h1-8,13-16,22,30H,9-12H2. The van der Waals surface area contributed by atoms with Crippen LogP contribution in [-0.4, -0.2) is 27.6 Å². The van der Waals surface area contributed by atoms with Gasteiger partial charge in [-0.15, -0.1) is 0 Å². The zero-order valence-corrected chi connectivity index (χ0v) is 19.4. The monoisotopic (exact) mass is 472 g/mol. The first-order valence-electron chi connectivity index (χ1n) is 11.2. The molecule has 164 valence electrons. The highest BCUT2D eigenvalue weighted by Crippen LogP contribution is 2.36. The molecule has 1 aliphatic heterocycles. The molecule has 1 aliphatic rings. The third-order valence-electron chi connectivity index (χ3n) is 6.46. The van der Waals surface area contributed by atoms with Gasteiger partial charge in [0.25, 0.3) is 0 Å². The summed E-state index contributed by atoms with van der Waals surface area (Å²) < 4.78 is 2.27. The third-order valence-corrected chi connectivity index (χ3v) is 7.01. The van der Waals surface area contributed by atoms with E-state index in [0.717, 1.165) is 59.6 Å². The van der Waals surface area contributed by atoms with Gasteiger partial charge in [0, 0.05) is 28.4 Å². The van der Waals surface area contributed by atoms with E-state index in [2.05, 4.69) is 58.4 Å². The maximum absolute atomic E-state index is 6.61. The zero-order valence-electron chi connectivity index (χ0n) is 17.9. The van der Waals surface area contributed by atoms with Crippen molar-refractivity contribution >= 4 is 45.1 Å². The average Bonchev–Trinajstić information content (AvgIpc) is 3.22. The number of rotatable bonds is 3. The quantitative estimate of drug-likeness (QED) is 0.303. The van der Waals surface area contributed by atoms with Gasteiger partial charge in [0.05, 0.1) is 5.02 Å². The molecule has 0 amide bonds. The second-order valence-electron chi connectivity index (χ2n) is 8.54. The Morgan fingerprint density at radius 2 is 1.67 bits per heavy atom. The van der Waals surface area contributed by atoms with Crippen LogP contribution in [0.5, 0.6) is 0 Å². The van der Waals surface area contributed by atoms with Crippen molar-refractivity contribution in [3.8, 4) is 22.5 Å². The van der Waals surface area contributed by atoms with Crippen molar-refractivity contribution in [1.29, 1.82) is 0 Å². The van der Waals surface area contributed by atoms with Gasteiger partial charge in [0.2, 0.25) is 0 Å². The maximum Gasteiger partial charge on any atom is 0.160 e. The van der Waals surface area contributed by atoms with Crippen LogP contribution in [0.4, 0.5) is 0 Å². The summed E-state index contributed by atoms with van der Waals surface area (Å²) in [6, 6.07) is 22.9. The minimum absolute atomic E-state index is 0.317. The van der Waals surface area contributed by atoms with Crippen molar-refractivity contribution in [3.05, 3.63) is 83.0 Å². The molecule has 0 spiro atoms. The van der Waals surface area contributed by atoms with Crippen LogP contribution >= 0.6 is 23.2 Å². The number of hydrogen-bond donors (Lipinski definition) is 1. The van der Waals surface area contributed by atoms with Gasteiger partial charge >= 0.3 is 0 Å². The number of fused-ring (bicyclic) bond motifs is 2. The van der Waals surface area contributed by atoms with Crippen molar-refractivity contribution in [3.63, 3.8) is 0 Å². The van der Waals surface area contributed by atoms with E-state index in [0.29, 0.717) is 16.1 Å². The van der Waals surface area contributed by atoms with Gasteiger partial charge in [0.15, 0.2) is 5.65 Å². The highest BCUT2D eigenvalue weighted by molar-refractivity contribution is 6.36. The predicted molar refractivity (Wildman–Crippen MR) is 137 cm³/mol. The Hall–Kier alpha value is -2.92. The Morgan fingerprint density at radius 1 is 0.848 bits per heavy atom. The summed E-state index contributed by atoms with van der Waals surface area (Å²) >= 11 is 12.8. The SMILES string of the molecule is Clc1ccc(-c2nc3cc(-c4ccc5ccccc5c4)cnc3n2C2CCNCC2)c(Cl)c1. The number of aromatic nitrogens is 3. The number of imidazole rings is 1. The van der Waals surface area contributed by atoms with E-state index in [4.69, 9.17) is 33.2 Å². The smallest absolute Gasteiger partial charge is 0.160 e. The largest absolute Gasteiger partial charge is 0.317 e. The first-order chi connectivity index (χ1) is 16.2. The molecule has 33 heavy (non-hydrogen) atoms. The summed E-state index contributed by atoms with van der Waals surface area (Å²) in [4.78, 5) is 9.97. The van der Waals surface area contributed by atoms with E-state index in [9.17, 15) is 0 Å². The molecule has 3 aromatic carbocycles. The van der Waals surface area contributed by atoms with Crippen LogP contribution in [0, 0.1) is 0 Å². The molecule has 0 aliphatic carbocycles. The van der Waals surface area contributed by atoms with Gasteiger partial charge in [-0.3, -0.25) is 0 Å². The Morgan fingerprint density at radius 3 is 2.48 bits per heavy atom. The molecule has 1 fully saturated rings. The molecule has 1 saturated heterocycles. The van der Waals surface area contributed by atoms with E-state index in [1.165, 1.54) is 10.8 Å². The Labute approximate surface area is 202 Å². The average molecular weight is 473 g/mol. The zero-order chi connectivity index (χ0) is 22.4. The normalized spacial score (nSPS) is 14.8. The molecular formula is C27H22Cl2N4. The fraction of sp³-hybridized carbons (Fsp3) is 0.185. The summed E-state index contributed by atoms with van der Waals surface area (Å²) in [6.45, 7) is 1.96. The minimum atomic E-state index is 0.317. The summed E-state index contributed by atoms with van der Waals surface area (Å²) in [6.07, 6.45) is 4.01. The Bertz CT molecular complexity index is 1480. The summed E-state index contributed by atoms with van der Waals surface area (Å²) in [5.74, 6) is 0.849. The molecular weight excluding hydrogens is 451 g/mol. The fourth-order valence-electron chi connectivity index (χ4n) is 4.78. The van der Waals surface area contributed by atoms with Gasteiger partial charge in [-0.1, -0.05) is 59.6 Å². The number of hydrogen-bond acceptors (Lipinski definition) is 3. The lowest BCUT2D eigenvalue weighted by molar-refractivity contribution is 0.376. The Kier molecular flexibility index (Phi) is 5.30. The van der Waals surface area contributed by atoms with Gasteiger partial charge < -0.3 is 9.88 Å². The van der Waals surface area contributed by atoms with Crippen LogP contribution in [0.1, 0.15) is 18.9 Å². The van der Waals surface area contributed by atoms with E-state index in [-0.39, 0.29) is 0 Å². The van der Waals surface area contributed by atoms with Crippen LogP contribution < -0.4 is 5.32 Å². The molecule has 0 saturated carbocycles. The van der Waals surface area contributed by atoms with Gasteiger partial charge in [-0.25, -0.2) is 9.97 Å².